The first-order valence-corrected chi connectivity index (χ1v) is 6.47. The van der Waals surface area contributed by atoms with E-state index < -0.39 is 30.7 Å². The molecule has 0 unspecified atom stereocenters. The monoisotopic (exact) mass is 284 g/mol. The Morgan fingerprint density at radius 1 is 1.10 bits per heavy atom. The van der Waals surface area contributed by atoms with Crippen molar-refractivity contribution >= 4 is 0 Å². The molecule has 112 valence electrons. The molecular formula is C14H20O6. The predicted molar refractivity (Wildman–Crippen MR) is 69.8 cm³/mol. The third-order valence-corrected chi connectivity index (χ3v) is 3.33. The van der Waals surface area contributed by atoms with Crippen LogP contribution in [0, 0.1) is 0 Å². The third kappa shape index (κ3) is 3.54. The van der Waals surface area contributed by atoms with Crippen LogP contribution in [0.5, 0.6) is 0 Å². The number of rotatable bonds is 5. The number of methoxy groups -OCH3 is 1. The van der Waals surface area contributed by atoms with Gasteiger partial charge in [0.1, 0.15) is 24.4 Å². The molecule has 0 radical (unpaired) electrons. The average Bonchev–Trinajstić information content (AvgIpc) is 2.46. The fraction of sp³-hybridized carbons (Fsp3) is 0.571. The van der Waals surface area contributed by atoms with Crippen molar-refractivity contribution in [3.05, 3.63) is 35.9 Å². The van der Waals surface area contributed by atoms with Gasteiger partial charge in [0, 0.05) is 7.11 Å². The van der Waals surface area contributed by atoms with Crippen LogP contribution in [0.15, 0.2) is 30.3 Å². The van der Waals surface area contributed by atoms with Gasteiger partial charge in [0.05, 0.1) is 13.2 Å². The van der Waals surface area contributed by atoms with Crippen LogP contribution in [0.1, 0.15) is 5.56 Å². The van der Waals surface area contributed by atoms with Gasteiger partial charge in [-0.2, -0.15) is 0 Å². The highest BCUT2D eigenvalue weighted by atomic mass is 16.7. The van der Waals surface area contributed by atoms with Crippen molar-refractivity contribution in [1.29, 1.82) is 0 Å². The van der Waals surface area contributed by atoms with Gasteiger partial charge in [-0.25, -0.2) is 0 Å². The Morgan fingerprint density at radius 3 is 2.45 bits per heavy atom. The van der Waals surface area contributed by atoms with Gasteiger partial charge in [-0.15, -0.1) is 0 Å². The zero-order chi connectivity index (χ0) is 14.5. The summed E-state index contributed by atoms with van der Waals surface area (Å²) in [6.07, 6.45) is -5.43. The van der Waals surface area contributed by atoms with Crippen LogP contribution >= 0.6 is 0 Å². The lowest BCUT2D eigenvalue weighted by atomic mass is 9.99. The molecule has 2 rings (SSSR count). The minimum atomic E-state index is -1.44. The first kappa shape index (κ1) is 15.4. The normalized spacial score (nSPS) is 34.1. The molecule has 1 aromatic carbocycles. The van der Waals surface area contributed by atoms with Crippen molar-refractivity contribution in [3.63, 3.8) is 0 Å². The molecule has 0 aliphatic carbocycles. The average molecular weight is 284 g/mol. The fourth-order valence-electron chi connectivity index (χ4n) is 2.21. The van der Waals surface area contributed by atoms with Crippen LogP contribution in [0.4, 0.5) is 0 Å². The summed E-state index contributed by atoms with van der Waals surface area (Å²) in [5.41, 5.74) is 1.01. The van der Waals surface area contributed by atoms with Crippen molar-refractivity contribution in [2.75, 3.05) is 13.7 Å². The number of hydrogen-bond acceptors (Lipinski definition) is 6. The Balaban J connectivity index is 1.87. The van der Waals surface area contributed by atoms with E-state index in [1.807, 2.05) is 30.3 Å². The smallest absolute Gasteiger partial charge is 0.184 e. The zero-order valence-corrected chi connectivity index (χ0v) is 11.3. The number of ether oxygens (including phenoxy) is 3. The van der Waals surface area contributed by atoms with E-state index in [0.717, 1.165) is 5.56 Å². The molecule has 0 saturated carbocycles. The summed E-state index contributed by atoms with van der Waals surface area (Å²) >= 11 is 0. The third-order valence-electron chi connectivity index (χ3n) is 3.33. The number of aliphatic hydroxyl groups is 3. The lowest BCUT2D eigenvalue weighted by Crippen LogP contribution is -2.59. The van der Waals surface area contributed by atoms with Crippen molar-refractivity contribution in [3.8, 4) is 0 Å². The summed E-state index contributed by atoms with van der Waals surface area (Å²) in [5, 5.41) is 28.9. The van der Waals surface area contributed by atoms with Gasteiger partial charge in [-0.05, 0) is 5.56 Å². The molecule has 5 atom stereocenters. The van der Waals surface area contributed by atoms with Gasteiger partial charge >= 0.3 is 0 Å². The molecule has 0 spiro atoms. The van der Waals surface area contributed by atoms with Gasteiger partial charge in [0.25, 0.3) is 0 Å². The second kappa shape index (κ2) is 7.12. The molecule has 1 aliphatic heterocycles. The van der Waals surface area contributed by atoms with Crippen molar-refractivity contribution in [1.82, 2.24) is 0 Å². The summed E-state index contributed by atoms with van der Waals surface area (Å²) in [4.78, 5) is 0. The van der Waals surface area contributed by atoms with Gasteiger partial charge in [-0.3, -0.25) is 0 Å². The molecule has 1 fully saturated rings. The van der Waals surface area contributed by atoms with Gasteiger partial charge < -0.3 is 29.5 Å². The SMILES string of the molecule is CO[C@H]1[C@H](O)[C@@H](O)[C@H](O)O[C@@H]1COCc1ccccc1. The highest BCUT2D eigenvalue weighted by Gasteiger charge is 2.44. The molecule has 1 aliphatic rings. The molecule has 1 heterocycles. The fourth-order valence-corrected chi connectivity index (χ4v) is 2.21. The second-order valence-electron chi connectivity index (χ2n) is 4.75. The Kier molecular flexibility index (Phi) is 5.47. The van der Waals surface area contributed by atoms with Crippen LogP contribution in [-0.4, -0.2) is 59.7 Å². The van der Waals surface area contributed by atoms with Gasteiger partial charge in [0.15, 0.2) is 6.29 Å². The van der Waals surface area contributed by atoms with Crippen LogP contribution in [-0.2, 0) is 20.8 Å². The summed E-state index contributed by atoms with van der Waals surface area (Å²) < 4.78 is 15.8. The Labute approximate surface area is 117 Å². The summed E-state index contributed by atoms with van der Waals surface area (Å²) in [6.45, 7) is 0.542. The van der Waals surface area contributed by atoms with Gasteiger partial charge in [-0.1, -0.05) is 30.3 Å². The minimum absolute atomic E-state index is 0.147. The first-order valence-electron chi connectivity index (χ1n) is 6.47. The van der Waals surface area contributed by atoms with E-state index in [1.54, 1.807) is 0 Å². The Morgan fingerprint density at radius 2 is 1.80 bits per heavy atom. The van der Waals surface area contributed by atoms with E-state index >= 15 is 0 Å². The lowest BCUT2D eigenvalue weighted by molar-refractivity contribution is -0.293. The lowest BCUT2D eigenvalue weighted by Gasteiger charge is -2.39. The van der Waals surface area contributed by atoms with Crippen LogP contribution in [0.25, 0.3) is 0 Å². The zero-order valence-electron chi connectivity index (χ0n) is 11.3. The van der Waals surface area contributed by atoms with E-state index in [4.69, 9.17) is 14.2 Å². The van der Waals surface area contributed by atoms with E-state index in [1.165, 1.54) is 7.11 Å². The molecule has 6 nitrogen and oxygen atoms in total. The Hall–Kier alpha value is -1.02. The summed E-state index contributed by atoms with van der Waals surface area (Å²) in [7, 11) is 1.41. The maximum atomic E-state index is 9.82. The van der Waals surface area contributed by atoms with Crippen molar-refractivity contribution in [2.24, 2.45) is 0 Å². The molecular weight excluding hydrogens is 264 g/mol. The standard InChI is InChI=1S/C14H20O6/c1-18-13-10(20-14(17)12(16)11(13)15)8-19-7-9-5-3-2-4-6-9/h2-6,10-17H,7-8H2,1H3/t10-,11-,12-,13-,14-/m1/s1. The number of benzene rings is 1. The largest absolute Gasteiger partial charge is 0.387 e. The highest BCUT2D eigenvalue weighted by molar-refractivity contribution is 5.13. The summed E-state index contributed by atoms with van der Waals surface area (Å²) in [6, 6.07) is 9.62. The molecule has 0 bridgehead atoms. The molecule has 0 amide bonds. The quantitative estimate of drug-likeness (QED) is 0.685. The second-order valence-corrected chi connectivity index (χ2v) is 4.75. The maximum absolute atomic E-state index is 9.82. The topological polar surface area (TPSA) is 88.4 Å². The molecule has 0 aromatic heterocycles. The van der Waals surface area contributed by atoms with Crippen LogP contribution < -0.4 is 0 Å². The Bertz CT molecular complexity index is 398. The number of aliphatic hydroxyl groups excluding tert-OH is 3. The maximum Gasteiger partial charge on any atom is 0.184 e. The summed E-state index contributed by atoms with van der Waals surface area (Å²) in [5.74, 6) is 0. The van der Waals surface area contributed by atoms with Crippen LogP contribution in [0.3, 0.4) is 0 Å². The van der Waals surface area contributed by atoms with E-state index in [2.05, 4.69) is 0 Å². The van der Waals surface area contributed by atoms with Crippen molar-refractivity contribution in [2.45, 2.75) is 37.3 Å². The molecule has 6 heteroatoms. The van der Waals surface area contributed by atoms with E-state index in [9.17, 15) is 15.3 Å². The van der Waals surface area contributed by atoms with E-state index in [0.29, 0.717) is 6.61 Å². The van der Waals surface area contributed by atoms with Crippen LogP contribution in [0.2, 0.25) is 0 Å². The van der Waals surface area contributed by atoms with E-state index in [-0.39, 0.29) is 6.61 Å². The molecule has 3 N–H and O–H groups in total. The van der Waals surface area contributed by atoms with Crippen molar-refractivity contribution < 1.29 is 29.5 Å². The molecule has 1 aromatic rings. The minimum Gasteiger partial charge on any atom is -0.387 e. The number of hydrogen-bond donors (Lipinski definition) is 3. The highest BCUT2D eigenvalue weighted by Crippen LogP contribution is 2.22. The first-order chi connectivity index (χ1) is 9.63. The van der Waals surface area contributed by atoms with Gasteiger partial charge in [0.2, 0.25) is 0 Å². The predicted octanol–water partition coefficient (Wildman–Crippen LogP) is -0.343. The molecule has 20 heavy (non-hydrogen) atoms. The molecule has 1 saturated heterocycles.